The summed E-state index contributed by atoms with van der Waals surface area (Å²) in [5.41, 5.74) is 6.01. The monoisotopic (exact) mass is 294 g/mol. The molecule has 1 aliphatic heterocycles. The predicted molar refractivity (Wildman–Crippen MR) is 78.3 cm³/mol. The third-order valence-corrected chi connectivity index (χ3v) is 3.40. The van der Waals surface area contributed by atoms with Crippen molar-refractivity contribution in [3.63, 3.8) is 0 Å². The largest absolute Gasteiger partial charge is 0.399 e. The smallest absolute Gasteiger partial charge is 0.319 e. The van der Waals surface area contributed by atoms with Crippen LogP contribution < -0.4 is 11.1 Å². The lowest BCUT2D eigenvalue weighted by Crippen LogP contribution is -2.30. The van der Waals surface area contributed by atoms with E-state index in [9.17, 15) is 14.0 Å². The van der Waals surface area contributed by atoms with Gasteiger partial charge in [-0.2, -0.15) is 0 Å². The lowest BCUT2D eigenvalue weighted by Gasteiger charge is -2.15. The molecule has 1 aliphatic rings. The van der Waals surface area contributed by atoms with Gasteiger partial charge < -0.3 is 20.9 Å². The maximum absolute atomic E-state index is 13.5. The standard InChI is InChI=1S/C14H19FN4O2/c1-18-7-8-19(14(18)21)6-2-3-13(20)17-12-9-10(16)4-5-11(12)15/h4-5,9H,2-3,6-8,16H2,1H3,(H,17,20). The molecule has 1 aromatic carbocycles. The molecule has 1 aromatic rings. The quantitative estimate of drug-likeness (QED) is 0.808. The van der Waals surface area contributed by atoms with Crippen LogP contribution in [0.1, 0.15) is 12.8 Å². The Balaban J connectivity index is 1.77. The molecule has 2 rings (SSSR count). The van der Waals surface area contributed by atoms with Crippen LogP contribution >= 0.6 is 0 Å². The molecule has 114 valence electrons. The number of halogens is 1. The SMILES string of the molecule is CN1CCN(CCCC(=O)Nc2cc(N)ccc2F)C1=O. The zero-order valence-corrected chi connectivity index (χ0v) is 11.9. The summed E-state index contributed by atoms with van der Waals surface area (Å²) in [6.07, 6.45) is 0.761. The van der Waals surface area contributed by atoms with Gasteiger partial charge in [-0.3, -0.25) is 4.79 Å². The van der Waals surface area contributed by atoms with Gasteiger partial charge in [-0.25, -0.2) is 9.18 Å². The van der Waals surface area contributed by atoms with Gasteiger partial charge in [0.25, 0.3) is 0 Å². The first-order chi connectivity index (χ1) is 9.97. The van der Waals surface area contributed by atoms with Crippen molar-refractivity contribution < 1.29 is 14.0 Å². The number of hydrogen-bond donors (Lipinski definition) is 2. The third kappa shape index (κ3) is 3.84. The van der Waals surface area contributed by atoms with Crippen molar-refractivity contribution in [3.05, 3.63) is 24.0 Å². The van der Waals surface area contributed by atoms with E-state index in [2.05, 4.69) is 5.32 Å². The van der Waals surface area contributed by atoms with E-state index in [0.717, 1.165) is 0 Å². The Bertz CT molecular complexity index is 550. The molecule has 1 fully saturated rings. The molecule has 0 unspecified atom stereocenters. The number of amides is 3. The van der Waals surface area contributed by atoms with Crippen molar-refractivity contribution in [3.8, 4) is 0 Å². The van der Waals surface area contributed by atoms with E-state index in [-0.39, 0.29) is 24.0 Å². The maximum Gasteiger partial charge on any atom is 0.319 e. The van der Waals surface area contributed by atoms with Gasteiger partial charge >= 0.3 is 6.03 Å². The molecule has 6 nitrogen and oxygen atoms in total. The fourth-order valence-electron chi connectivity index (χ4n) is 2.19. The van der Waals surface area contributed by atoms with Gasteiger partial charge in [0.05, 0.1) is 5.69 Å². The minimum absolute atomic E-state index is 0.0164. The number of nitrogen functional groups attached to an aromatic ring is 1. The summed E-state index contributed by atoms with van der Waals surface area (Å²) in [6.45, 7) is 1.91. The van der Waals surface area contributed by atoms with Crippen molar-refractivity contribution >= 4 is 23.3 Å². The van der Waals surface area contributed by atoms with Gasteiger partial charge in [0, 0.05) is 38.8 Å². The fraction of sp³-hybridized carbons (Fsp3) is 0.429. The molecule has 0 aliphatic carbocycles. The molecule has 21 heavy (non-hydrogen) atoms. The van der Waals surface area contributed by atoms with Gasteiger partial charge in [0.1, 0.15) is 5.82 Å². The number of likely N-dealkylation sites (N-methyl/N-ethyl adjacent to an activating group) is 1. The van der Waals surface area contributed by atoms with Crippen LogP contribution in [0.3, 0.4) is 0 Å². The number of anilines is 2. The summed E-state index contributed by atoms with van der Waals surface area (Å²) >= 11 is 0. The summed E-state index contributed by atoms with van der Waals surface area (Å²) in [7, 11) is 1.75. The number of hydrogen-bond acceptors (Lipinski definition) is 3. The second kappa shape index (κ2) is 6.43. The van der Waals surface area contributed by atoms with Crippen molar-refractivity contribution in [1.82, 2.24) is 9.80 Å². The first-order valence-electron chi connectivity index (χ1n) is 6.82. The van der Waals surface area contributed by atoms with Crippen LogP contribution in [0.2, 0.25) is 0 Å². The molecule has 0 saturated carbocycles. The van der Waals surface area contributed by atoms with Gasteiger partial charge in [0.15, 0.2) is 0 Å². The lowest BCUT2D eigenvalue weighted by molar-refractivity contribution is -0.116. The van der Waals surface area contributed by atoms with E-state index in [0.29, 0.717) is 31.7 Å². The molecule has 7 heteroatoms. The number of nitrogens with zero attached hydrogens (tertiary/aromatic N) is 2. The Morgan fingerprint density at radius 2 is 2.19 bits per heavy atom. The minimum Gasteiger partial charge on any atom is -0.399 e. The zero-order valence-electron chi connectivity index (χ0n) is 11.9. The van der Waals surface area contributed by atoms with Crippen molar-refractivity contribution in [2.24, 2.45) is 0 Å². The second-order valence-corrected chi connectivity index (χ2v) is 5.08. The molecule has 0 radical (unpaired) electrons. The van der Waals surface area contributed by atoms with E-state index in [4.69, 9.17) is 5.73 Å². The molecule has 3 N–H and O–H groups in total. The molecule has 1 heterocycles. The van der Waals surface area contributed by atoms with E-state index >= 15 is 0 Å². The molecular weight excluding hydrogens is 275 g/mol. The van der Waals surface area contributed by atoms with Gasteiger partial charge in [-0.05, 0) is 24.6 Å². The first kappa shape index (κ1) is 15.1. The molecule has 3 amide bonds. The van der Waals surface area contributed by atoms with Gasteiger partial charge in [0.2, 0.25) is 5.91 Å². The topological polar surface area (TPSA) is 78.7 Å². The summed E-state index contributed by atoms with van der Waals surface area (Å²) < 4.78 is 13.5. The van der Waals surface area contributed by atoms with E-state index in [1.807, 2.05) is 0 Å². The number of nitrogens with one attached hydrogen (secondary N) is 1. The third-order valence-electron chi connectivity index (χ3n) is 3.40. The Hall–Kier alpha value is -2.31. The van der Waals surface area contributed by atoms with Gasteiger partial charge in [-0.1, -0.05) is 0 Å². The van der Waals surface area contributed by atoms with Crippen LogP contribution in [0.4, 0.5) is 20.6 Å². The maximum atomic E-state index is 13.5. The Labute approximate surface area is 122 Å². The number of benzene rings is 1. The number of carbonyl (C=O) groups excluding carboxylic acids is 2. The molecule has 1 saturated heterocycles. The van der Waals surface area contributed by atoms with Crippen LogP contribution in [-0.4, -0.2) is 48.4 Å². The fourth-order valence-corrected chi connectivity index (χ4v) is 2.19. The first-order valence-corrected chi connectivity index (χ1v) is 6.82. The Kier molecular flexibility index (Phi) is 4.62. The number of rotatable bonds is 5. The second-order valence-electron chi connectivity index (χ2n) is 5.08. The van der Waals surface area contributed by atoms with E-state index in [1.165, 1.54) is 18.2 Å². The summed E-state index contributed by atoms with van der Waals surface area (Å²) in [5.74, 6) is -0.812. The highest BCUT2D eigenvalue weighted by molar-refractivity contribution is 5.91. The van der Waals surface area contributed by atoms with Crippen molar-refractivity contribution in [2.45, 2.75) is 12.8 Å². The molecular formula is C14H19FN4O2. The van der Waals surface area contributed by atoms with Crippen LogP contribution in [0.5, 0.6) is 0 Å². The van der Waals surface area contributed by atoms with Gasteiger partial charge in [-0.15, -0.1) is 0 Å². The minimum atomic E-state index is -0.520. The summed E-state index contributed by atoms with van der Waals surface area (Å²) in [4.78, 5) is 26.7. The Morgan fingerprint density at radius 1 is 1.43 bits per heavy atom. The van der Waals surface area contributed by atoms with Crippen molar-refractivity contribution in [1.29, 1.82) is 0 Å². The highest BCUT2D eigenvalue weighted by Gasteiger charge is 2.24. The van der Waals surface area contributed by atoms with Crippen LogP contribution in [-0.2, 0) is 4.79 Å². The Morgan fingerprint density at radius 3 is 2.86 bits per heavy atom. The normalized spacial score (nSPS) is 14.7. The average Bonchev–Trinajstić information content (AvgIpc) is 2.75. The van der Waals surface area contributed by atoms with Crippen LogP contribution in [0, 0.1) is 5.82 Å². The number of carbonyl (C=O) groups is 2. The number of urea groups is 1. The van der Waals surface area contributed by atoms with Crippen LogP contribution in [0.15, 0.2) is 18.2 Å². The highest BCUT2D eigenvalue weighted by atomic mass is 19.1. The average molecular weight is 294 g/mol. The highest BCUT2D eigenvalue weighted by Crippen LogP contribution is 2.17. The molecule has 0 bridgehead atoms. The van der Waals surface area contributed by atoms with Crippen molar-refractivity contribution in [2.75, 3.05) is 37.7 Å². The molecule has 0 spiro atoms. The van der Waals surface area contributed by atoms with E-state index in [1.54, 1.807) is 16.8 Å². The number of nitrogens with two attached hydrogens (primary N) is 1. The van der Waals surface area contributed by atoms with Crippen LogP contribution in [0.25, 0.3) is 0 Å². The molecule has 0 aromatic heterocycles. The summed E-state index contributed by atoms with van der Waals surface area (Å²) in [5, 5.41) is 2.49. The zero-order chi connectivity index (χ0) is 15.4. The summed E-state index contributed by atoms with van der Waals surface area (Å²) in [6, 6.07) is 4.01. The van der Waals surface area contributed by atoms with E-state index < -0.39 is 5.82 Å². The lowest BCUT2D eigenvalue weighted by atomic mass is 10.2. The molecule has 0 atom stereocenters. The predicted octanol–water partition coefficient (Wildman–Crippen LogP) is 1.49.